The minimum atomic E-state index is -1.67. The van der Waals surface area contributed by atoms with Gasteiger partial charge in [0.15, 0.2) is 11.5 Å². The highest BCUT2D eigenvalue weighted by molar-refractivity contribution is 6.12. The van der Waals surface area contributed by atoms with Gasteiger partial charge in [0.25, 0.3) is 0 Å². The maximum atomic E-state index is 16.0. The zero-order valence-electron chi connectivity index (χ0n) is 36.1. The van der Waals surface area contributed by atoms with E-state index in [1.165, 1.54) is 0 Å². The van der Waals surface area contributed by atoms with E-state index in [2.05, 4.69) is 27.0 Å². The van der Waals surface area contributed by atoms with Gasteiger partial charge in [0.2, 0.25) is 18.6 Å². The van der Waals surface area contributed by atoms with E-state index in [9.17, 15) is 5.11 Å². The summed E-state index contributed by atoms with van der Waals surface area (Å²) >= 11 is 0. The van der Waals surface area contributed by atoms with Crippen LogP contribution in [0.2, 0.25) is 0 Å². The number of phenols is 1. The number of anilines is 1. The summed E-state index contributed by atoms with van der Waals surface area (Å²) in [7, 11) is 1.61. The zero-order chi connectivity index (χ0) is 44.9. The molecular formula is C54H46N4O8. The number of carbonyl (C=O) groups excluding carboxylic acids is 3. The smallest absolute Gasteiger partial charge is 0.324 e. The summed E-state index contributed by atoms with van der Waals surface area (Å²) in [6.45, 7) is 2.72. The molecule has 6 aromatic carbocycles. The van der Waals surface area contributed by atoms with Crippen LogP contribution < -0.4 is 19.5 Å². The van der Waals surface area contributed by atoms with Gasteiger partial charge < -0.3 is 34.3 Å². The number of phenolic OH excluding ortho intramolecular Hbond substituents is 1. The van der Waals surface area contributed by atoms with Gasteiger partial charge in [-0.3, -0.25) is 24.2 Å². The summed E-state index contributed by atoms with van der Waals surface area (Å²) in [5, 5.41) is 13.9. The summed E-state index contributed by atoms with van der Waals surface area (Å²) < 4.78 is 23.1. The van der Waals surface area contributed by atoms with Crippen molar-refractivity contribution in [1.82, 2.24) is 14.7 Å². The molecule has 1 spiro atoms. The van der Waals surface area contributed by atoms with E-state index in [4.69, 9.17) is 18.9 Å². The van der Waals surface area contributed by atoms with Crippen LogP contribution in [0.4, 0.5) is 5.69 Å². The summed E-state index contributed by atoms with van der Waals surface area (Å²) in [4.78, 5) is 53.1. The lowest BCUT2D eigenvalue weighted by Gasteiger charge is -2.46. The van der Waals surface area contributed by atoms with Crippen LogP contribution in [0.1, 0.15) is 57.1 Å². The van der Waals surface area contributed by atoms with Crippen molar-refractivity contribution in [3.63, 3.8) is 0 Å². The molecule has 5 heterocycles. The standard InChI is InChI=1S/C54H46N4O8/c1-63-41-22-14-34(15-23-41)12-13-35-16-24-43-42(30-35)54(53(62)55-43)46(51(60)57-28-26-56(27-29-57)32-36-17-25-44-45(31-36)65-33-64-44)48-52(61)66-49(38-10-6-3-7-11-38)47(37-8-4-2-5-9-37)58(48)50(54)39-18-20-40(59)21-19-39/h2-11,14-25,30-31,46-50,59H,26-29,32-33H2,1H3,(H,55,62)/t46-,47-,48-,49+,50+,54-/m1/s1. The molecule has 66 heavy (non-hydrogen) atoms. The first-order chi connectivity index (χ1) is 32.3. The lowest BCUT2D eigenvalue weighted by Crippen LogP contribution is -2.58. The molecule has 2 amide bonds. The number of benzene rings is 6. The number of fused-ring (bicyclic) bond motifs is 4. The topological polar surface area (TPSA) is 130 Å². The number of morpholine rings is 1. The fraction of sp³-hybridized carbons (Fsp3) is 0.241. The molecule has 330 valence electrons. The second-order valence-corrected chi connectivity index (χ2v) is 17.3. The first kappa shape index (κ1) is 41.1. The lowest BCUT2D eigenvalue weighted by molar-refractivity contribution is -0.179. The second kappa shape index (κ2) is 16.8. The van der Waals surface area contributed by atoms with Gasteiger partial charge in [-0.2, -0.15) is 0 Å². The van der Waals surface area contributed by atoms with Gasteiger partial charge in [-0.25, -0.2) is 0 Å². The monoisotopic (exact) mass is 878 g/mol. The Morgan fingerprint density at radius 2 is 1.42 bits per heavy atom. The maximum Gasteiger partial charge on any atom is 0.324 e. The Morgan fingerprint density at radius 3 is 2.15 bits per heavy atom. The van der Waals surface area contributed by atoms with Gasteiger partial charge in [-0.05, 0) is 94.5 Å². The van der Waals surface area contributed by atoms with Crippen LogP contribution in [0.15, 0.2) is 146 Å². The Hall–Kier alpha value is -7.59. The van der Waals surface area contributed by atoms with Crippen LogP contribution in [0, 0.1) is 17.8 Å². The third-order valence-corrected chi connectivity index (χ3v) is 13.8. The number of rotatable bonds is 7. The molecule has 2 N–H and O–H groups in total. The molecule has 0 unspecified atom stereocenters. The van der Waals surface area contributed by atoms with E-state index in [0.29, 0.717) is 66.6 Å². The number of nitrogens with zero attached hydrogens (tertiary/aromatic N) is 3. The number of amides is 2. The van der Waals surface area contributed by atoms with Gasteiger partial charge >= 0.3 is 5.97 Å². The highest BCUT2D eigenvalue weighted by atomic mass is 16.7. The number of esters is 1. The van der Waals surface area contributed by atoms with Crippen molar-refractivity contribution < 1.29 is 38.4 Å². The molecule has 3 fully saturated rings. The first-order valence-electron chi connectivity index (χ1n) is 22.2. The van der Waals surface area contributed by atoms with Gasteiger partial charge in [0.1, 0.15) is 29.1 Å². The molecule has 0 bridgehead atoms. The highest BCUT2D eigenvalue weighted by Gasteiger charge is 2.74. The average molecular weight is 879 g/mol. The number of ether oxygens (including phenoxy) is 4. The molecule has 3 saturated heterocycles. The Kier molecular flexibility index (Phi) is 10.4. The summed E-state index contributed by atoms with van der Waals surface area (Å²) in [5.41, 5.74) is 4.17. The minimum Gasteiger partial charge on any atom is -0.508 e. The number of nitrogens with one attached hydrogen (secondary N) is 1. The van der Waals surface area contributed by atoms with Gasteiger partial charge in [-0.1, -0.05) is 90.7 Å². The molecule has 0 radical (unpaired) electrons. The number of carbonyl (C=O) groups is 3. The third-order valence-electron chi connectivity index (χ3n) is 13.8. The zero-order valence-corrected chi connectivity index (χ0v) is 36.1. The van der Waals surface area contributed by atoms with Gasteiger partial charge in [-0.15, -0.1) is 0 Å². The number of piperazine rings is 1. The molecule has 0 aromatic heterocycles. The number of hydrogen-bond donors (Lipinski definition) is 2. The van der Waals surface area contributed by atoms with E-state index in [0.717, 1.165) is 28.0 Å². The van der Waals surface area contributed by atoms with E-state index in [1.807, 2.05) is 126 Å². The van der Waals surface area contributed by atoms with Crippen molar-refractivity contribution in [1.29, 1.82) is 0 Å². The molecule has 6 aromatic rings. The normalized spacial score (nSPS) is 24.2. The number of methoxy groups -OCH3 is 1. The molecule has 0 saturated carbocycles. The van der Waals surface area contributed by atoms with Crippen molar-refractivity contribution >= 4 is 23.5 Å². The van der Waals surface area contributed by atoms with Crippen molar-refractivity contribution in [2.24, 2.45) is 5.92 Å². The fourth-order valence-electron chi connectivity index (χ4n) is 10.7. The summed E-state index contributed by atoms with van der Waals surface area (Å²) in [6, 6.07) is 42.4. The van der Waals surface area contributed by atoms with E-state index in [-0.39, 0.29) is 18.4 Å². The van der Waals surface area contributed by atoms with Crippen LogP contribution in [0.3, 0.4) is 0 Å². The Labute approximate surface area is 382 Å². The second-order valence-electron chi connectivity index (χ2n) is 17.3. The molecular weight excluding hydrogens is 833 g/mol. The largest absolute Gasteiger partial charge is 0.508 e. The molecule has 5 aliphatic heterocycles. The molecule has 5 aliphatic rings. The number of cyclic esters (lactones) is 1. The minimum absolute atomic E-state index is 0.0424. The van der Waals surface area contributed by atoms with Crippen molar-refractivity contribution in [3.8, 4) is 34.8 Å². The predicted molar refractivity (Wildman–Crippen MR) is 245 cm³/mol. The quantitative estimate of drug-likeness (QED) is 0.126. The molecule has 11 rings (SSSR count). The van der Waals surface area contributed by atoms with Crippen molar-refractivity contribution in [2.75, 3.05) is 45.4 Å². The SMILES string of the molecule is COc1ccc(C#Cc2ccc3c(c2)[C@]2(C(=O)N3)[C@H](c3ccc(O)cc3)N3[C@H](c4ccccc4)[C@H](c4ccccc4)OC(=O)[C@H]3[C@@H]2C(=O)N2CCN(Cc3ccc4c(c3)OCO4)CC2)cc1. The van der Waals surface area contributed by atoms with Gasteiger partial charge in [0, 0.05) is 49.5 Å². The Balaban J connectivity index is 1.06. The van der Waals surface area contributed by atoms with Crippen molar-refractivity contribution in [2.45, 2.75) is 36.2 Å². The van der Waals surface area contributed by atoms with E-state index < -0.39 is 47.4 Å². The number of hydrogen-bond acceptors (Lipinski definition) is 10. The average Bonchev–Trinajstić information content (AvgIpc) is 4.04. The van der Waals surface area contributed by atoms with Crippen LogP contribution in [0.5, 0.6) is 23.0 Å². The third kappa shape index (κ3) is 6.99. The van der Waals surface area contributed by atoms with Gasteiger partial charge in [0.05, 0.1) is 25.1 Å². The Bertz CT molecular complexity index is 2890. The van der Waals surface area contributed by atoms with Crippen LogP contribution in [-0.4, -0.2) is 83.7 Å². The Morgan fingerprint density at radius 1 is 0.742 bits per heavy atom. The highest BCUT2D eigenvalue weighted by Crippen LogP contribution is 2.65. The molecule has 12 heteroatoms. The maximum absolute atomic E-state index is 16.0. The molecule has 0 aliphatic carbocycles. The lowest BCUT2D eigenvalue weighted by atomic mass is 9.65. The van der Waals surface area contributed by atoms with Crippen LogP contribution in [0.25, 0.3) is 0 Å². The summed E-state index contributed by atoms with van der Waals surface area (Å²) in [6.07, 6.45) is -0.798. The molecule has 6 atom stereocenters. The van der Waals surface area contributed by atoms with Crippen LogP contribution in [-0.2, 0) is 31.1 Å². The van der Waals surface area contributed by atoms with E-state index >= 15 is 14.4 Å². The fourth-order valence-corrected chi connectivity index (χ4v) is 10.7. The van der Waals surface area contributed by atoms with E-state index in [1.54, 1.807) is 31.4 Å². The van der Waals surface area contributed by atoms with Crippen LogP contribution >= 0.6 is 0 Å². The predicted octanol–water partition coefficient (Wildman–Crippen LogP) is 7.14. The molecule has 12 nitrogen and oxygen atoms in total. The summed E-state index contributed by atoms with van der Waals surface area (Å²) in [5.74, 6) is 6.22. The first-order valence-corrected chi connectivity index (χ1v) is 22.2. The number of aromatic hydroxyl groups is 1. The van der Waals surface area contributed by atoms with Crippen molar-refractivity contribution in [3.05, 3.63) is 185 Å².